The molecule has 0 radical (unpaired) electrons. The summed E-state index contributed by atoms with van der Waals surface area (Å²) in [7, 11) is 0. The molecule has 1 N–H and O–H groups in total. The zero-order chi connectivity index (χ0) is 15.6. The first-order valence-corrected chi connectivity index (χ1v) is 8.56. The number of fused-ring (bicyclic) bond motifs is 1. The number of nitrogens with zero attached hydrogens (tertiary/aromatic N) is 2. The molecular weight excluding hydrogens is 290 g/mol. The van der Waals surface area contributed by atoms with Crippen molar-refractivity contribution in [1.29, 1.82) is 0 Å². The Kier molecular flexibility index (Phi) is 4.06. The summed E-state index contributed by atoms with van der Waals surface area (Å²) in [6, 6.07) is 7.91. The summed E-state index contributed by atoms with van der Waals surface area (Å²) >= 11 is 0. The van der Waals surface area contributed by atoms with Crippen LogP contribution in [-0.4, -0.2) is 44.2 Å². The Morgan fingerprint density at radius 3 is 2.57 bits per heavy atom. The van der Waals surface area contributed by atoms with Gasteiger partial charge in [0, 0.05) is 38.1 Å². The van der Waals surface area contributed by atoms with Gasteiger partial charge >= 0.3 is 5.63 Å². The normalized spacial score (nSPS) is 19.6. The highest BCUT2D eigenvalue weighted by Gasteiger charge is 2.23. The Morgan fingerprint density at radius 1 is 1.04 bits per heavy atom. The number of piperazine rings is 1. The van der Waals surface area contributed by atoms with Gasteiger partial charge < -0.3 is 14.6 Å². The zero-order valence-electron chi connectivity index (χ0n) is 13.4. The van der Waals surface area contributed by atoms with Crippen LogP contribution in [0.3, 0.4) is 0 Å². The maximum atomic E-state index is 12.6. The minimum atomic E-state index is -0.177. The third kappa shape index (κ3) is 2.86. The smallest absolute Gasteiger partial charge is 0.342 e. The number of rotatable bonds is 3. The molecule has 3 heterocycles. The molecule has 0 saturated carbocycles. The van der Waals surface area contributed by atoms with E-state index in [2.05, 4.69) is 21.2 Å². The van der Waals surface area contributed by atoms with E-state index in [1.54, 1.807) is 0 Å². The van der Waals surface area contributed by atoms with E-state index in [0.717, 1.165) is 55.9 Å². The molecule has 1 aromatic heterocycles. The van der Waals surface area contributed by atoms with Crippen LogP contribution in [-0.2, 0) is 6.54 Å². The van der Waals surface area contributed by atoms with Crippen LogP contribution in [0.1, 0.15) is 18.4 Å². The number of hydrogen-bond acceptors (Lipinski definition) is 5. The molecule has 2 fully saturated rings. The molecule has 0 unspecified atom stereocenters. The van der Waals surface area contributed by atoms with Gasteiger partial charge in [0.2, 0.25) is 0 Å². The Morgan fingerprint density at radius 2 is 1.78 bits per heavy atom. The fraction of sp³-hybridized carbons (Fsp3) is 0.500. The number of nitrogens with one attached hydrogen (secondary N) is 1. The van der Waals surface area contributed by atoms with Crippen LogP contribution >= 0.6 is 0 Å². The van der Waals surface area contributed by atoms with Gasteiger partial charge in [-0.05, 0) is 38.1 Å². The molecule has 0 atom stereocenters. The van der Waals surface area contributed by atoms with Crippen molar-refractivity contribution in [3.8, 4) is 0 Å². The van der Waals surface area contributed by atoms with Crippen LogP contribution in [0.2, 0.25) is 0 Å². The van der Waals surface area contributed by atoms with Crippen molar-refractivity contribution in [2.24, 2.45) is 0 Å². The van der Waals surface area contributed by atoms with Gasteiger partial charge in [0.25, 0.3) is 0 Å². The van der Waals surface area contributed by atoms with Crippen molar-refractivity contribution in [3.05, 3.63) is 40.2 Å². The highest BCUT2D eigenvalue weighted by molar-refractivity contribution is 5.92. The van der Waals surface area contributed by atoms with E-state index in [0.29, 0.717) is 12.1 Å². The number of likely N-dealkylation sites (tertiary alicyclic amines) is 1. The van der Waals surface area contributed by atoms with Gasteiger partial charge in [0.15, 0.2) is 0 Å². The highest BCUT2D eigenvalue weighted by atomic mass is 16.4. The van der Waals surface area contributed by atoms with Gasteiger partial charge in [0.1, 0.15) is 5.58 Å². The van der Waals surface area contributed by atoms with Crippen molar-refractivity contribution in [1.82, 2.24) is 10.2 Å². The SMILES string of the molecule is O=c1oc2ccccc2c(N2CCNCC2)c1CN1CCCC1. The largest absolute Gasteiger partial charge is 0.422 e. The Balaban J connectivity index is 1.84. The highest BCUT2D eigenvalue weighted by Crippen LogP contribution is 2.30. The number of hydrogen-bond donors (Lipinski definition) is 1. The van der Waals surface area contributed by atoms with Crippen LogP contribution in [0.15, 0.2) is 33.5 Å². The van der Waals surface area contributed by atoms with E-state index >= 15 is 0 Å². The minimum absolute atomic E-state index is 0.177. The van der Waals surface area contributed by atoms with Crippen molar-refractivity contribution >= 4 is 16.7 Å². The Bertz CT molecular complexity index is 744. The van der Waals surface area contributed by atoms with Gasteiger partial charge in [-0.25, -0.2) is 4.79 Å². The second-order valence-electron chi connectivity index (χ2n) is 6.43. The fourth-order valence-corrected chi connectivity index (χ4v) is 3.73. The van der Waals surface area contributed by atoms with Crippen molar-refractivity contribution in [2.45, 2.75) is 19.4 Å². The lowest BCUT2D eigenvalue weighted by atomic mass is 10.1. The van der Waals surface area contributed by atoms with Crippen molar-refractivity contribution in [3.63, 3.8) is 0 Å². The molecule has 2 saturated heterocycles. The molecule has 0 spiro atoms. The molecular formula is C18H23N3O2. The standard InChI is InChI=1S/C18H23N3O2/c22-18-15(13-20-9-3-4-10-20)17(21-11-7-19-8-12-21)14-5-1-2-6-16(14)23-18/h1-2,5-6,19H,3-4,7-13H2. The van der Waals surface area contributed by atoms with Gasteiger partial charge in [0.05, 0.1) is 11.3 Å². The van der Waals surface area contributed by atoms with Crippen LogP contribution in [0.4, 0.5) is 5.69 Å². The molecule has 122 valence electrons. The maximum absolute atomic E-state index is 12.6. The second-order valence-corrected chi connectivity index (χ2v) is 6.43. The van der Waals surface area contributed by atoms with Crippen LogP contribution < -0.4 is 15.8 Å². The van der Waals surface area contributed by atoms with E-state index in [1.807, 2.05) is 18.2 Å². The molecule has 5 nitrogen and oxygen atoms in total. The molecule has 23 heavy (non-hydrogen) atoms. The predicted octanol–water partition coefficient (Wildman–Crippen LogP) is 1.80. The van der Waals surface area contributed by atoms with Gasteiger partial charge in [-0.2, -0.15) is 0 Å². The van der Waals surface area contributed by atoms with Crippen molar-refractivity contribution in [2.75, 3.05) is 44.2 Å². The van der Waals surface area contributed by atoms with Crippen LogP contribution in [0.25, 0.3) is 11.0 Å². The lowest BCUT2D eigenvalue weighted by molar-refractivity contribution is 0.325. The molecule has 5 heteroatoms. The van der Waals surface area contributed by atoms with E-state index in [9.17, 15) is 4.79 Å². The van der Waals surface area contributed by atoms with Gasteiger partial charge in [-0.1, -0.05) is 12.1 Å². The summed E-state index contributed by atoms with van der Waals surface area (Å²) in [5.74, 6) is 0. The molecule has 2 aromatic rings. The lowest BCUT2D eigenvalue weighted by Gasteiger charge is -2.32. The molecule has 1 aromatic carbocycles. The zero-order valence-corrected chi connectivity index (χ0v) is 13.4. The average Bonchev–Trinajstić information content (AvgIpc) is 3.09. The van der Waals surface area contributed by atoms with Gasteiger partial charge in [-0.3, -0.25) is 4.90 Å². The summed E-state index contributed by atoms with van der Waals surface area (Å²) in [5.41, 5.74) is 2.43. The molecule has 0 amide bonds. The first kappa shape index (κ1) is 14.7. The number of anilines is 1. The summed E-state index contributed by atoms with van der Waals surface area (Å²) in [6.45, 7) is 6.63. The summed E-state index contributed by atoms with van der Waals surface area (Å²) in [5, 5.41) is 4.44. The topological polar surface area (TPSA) is 48.7 Å². The summed E-state index contributed by atoms with van der Waals surface area (Å²) < 4.78 is 5.61. The van der Waals surface area contributed by atoms with E-state index in [1.165, 1.54) is 12.8 Å². The van der Waals surface area contributed by atoms with Gasteiger partial charge in [-0.15, -0.1) is 0 Å². The quantitative estimate of drug-likeness (QED) is 0.876. The second kappa shape index (κ2) is 6.34. The Hall–Kier alpha value is -1.85. The van der Waals surface area contributed by atoms with E-state index in [-0.39, 0.29) is 5.63 Å². The lowest BCUT2D eigenvalue weighted by Crippen LogP contribution is -2.44. The van der Waals surface area contributed by atoms with E-state index in [4.69, 9.17) is 4.42 Å². The number of benzene rings is 1. The first-order chi connectivity index (χ1) is 11.3. The molecule has 0 aliphatic carbocycles. The fourth-order valence-electron chi connectivity index (χ4n) is 3.73. The third-order valence-electron chi connectivity index (χ3n) is 4.89. The predicted molar refractivity (Wildman–Crippen MR) is 92.1 cm³/mol. The van der Waals surface area contributed by atoms with Crippen molar-refractivity contribution < 1.29 is 4.42 Å². The average molecular weight is 313 g/mol. The first-order valence-electron chi connectivity index (χ1n) is 8.56. The monoisotopic (exact) mass is 313 g/mol. The van der Waals surface area contributed by atoms with Crippen LogP contribution in [0, 0.1) is 0 Å². The minimum Gasteiger partial charge on any atom is -0.422 e. The van der Waals surface area contributed by atoms with Crippen LogP contribution in [0.5, 0.6) is 0 Å². The maximum Gasteiger partial charge on any atom is 0.342 e. The Labute approximate surface area is 135 Å². The molecule has 0 bridgehead atoms. The number of para-hydroxylation sites is 1. The summed E-state index contributed by atoms with van der Waals surface area (Å²) in [6.07, 6.45) is 2.45. The summed E-state index contributed by atoms with van der Waals surface area (Å²) in [4.78, 5) is 17.4. The molecule has 4 rings (SSSR count). The van der Waals surface area contributed by atoms with E-state index < -0.39 is 0 Å². The third-order valence-corrected chi connectivity index (χ3v) is 4.89. The molecule has 2 aliphatic rings. The molecule has 2 aliphatic heterocycles.